The van der Waals surface area contributed by atoms with E-state index < -0.39 is 0 Å². The third-order valence-electron chi connectivity index (χ3n) is 5.02. The van der Waals surface area contributed by atoms with Crippen molar-refractivity contribution in [1.82, 2.24) is 29.9 Å². The smallest absolute Gasteiger partial charge is 0.221 e. The molecule has 1 saturated heterocycles. The van der Waals surface area contributed by atoms with Gasteiger partial charge in [-0.15, -0.1) is 10.2 Å². The number of likely N-dealkylation sites (N-methyl/N-ethyl adjacent to an activating group) is 2. The van der Waals surface area contributed by atoms with Gasteiger partial charge in [-0.25, -0.2) is 0 Å². The molecule has 1 aliphatic rings. The molecule has 2 aromatic rings. The molecule has 1 N–H and O–H groups in total. The number of benzene rings is 1. The van der Waals surface area contributed by atoms with Crippen molar-refractivity contribution in [2.45, 2.75) is 32.0 Å². The lowest BCUT2D eigenvalue weighted by atomic mass is 10.1. The van der Waals surface area contributed by atoms with Crippen molar-refractivity contribution in [2.24, 2.45) is 0 Å². The average Bonchev–Trinajstić information content (AvgIpc) is 3.10. The van der Waals surface area contributed by atoms with E-state index in [2.05, 4.69) is 51.5 Å². The van der Waals surface area contributed by atoms with E-state index in [-0.39, 0.29) is 11.9 Å². The highest BCUT2D eigenvalue weighted by atomic mass is 16.1. The van der Waals surface area contributed by atoms with E-state index in [0.717, 1.165) is 38.4 Å². The van der Waals surface area contributed by atoms with E-state index in [1.54, 1.807) is 6.33 Å². The first-order valence-electron chi connectivity index (χ1n) is 9.18. The maximum absolute atomic E-state index is 12.3. The molecular formula is C19H28N6O. The van der Waals surface area contributed by atoms with Gasteiger partial charge in [0.1, 0.15) is 6.33 Å². The molecule has 1 fully saturated rings. The first kappa shape index (κ1) is 18.5. The van der Waals surface area contributed by atoms with Gasteiger partial charge in [-0.05, 0) is 26.1 Å². The Morgan fingerprint density at radius 2 is 2.04 bits per heavy atom. The number of carbonyl (C=O) groups excluding carboxylic acids is 1. The highest BCUT2D eigenvalue weighted by Gasteiger charge is 2.24. The maximum Gasteiger partial charge on any atom is 0.221 e. The molecule has 0 aliphatic carbocycles. The Labute approximate surface area is 155 Å². The fourth-order valence-electron chi connectivity index (χ4n) is 3.28. The number of amides is 1. The maximum atomic E-state index is 12.3. The normalized spacial score (nSPS) is 18.8. The van der Waals surface area contributed by atoms with Gasteiger partial charge >= 0.3 is 0 Å². The summed E-state index contributed by atoms with van der Waals surface area (Å²) in [5.41, 5.74) is 1.28. The van der Waals surface area contributed by atoms with Crippen LogP contribution in [0.3, 0.4) is 0 Å². The van der Waals surface area contributed by atoms with Crippen LogP contribution in [-0.4, -0.2) is 70.2 Å². The molecule has 0 bridgehead atoms. The summed E-state index contributed by atoms with van der Waals surface area (Å²) in [5, 5.41) is 11.1. The van der Waals surface area contributed by atoms with Gasteiger partial charge in [0.2, 0.25) is 5.91 Å². The minimum absolute atomic E-state index is 0.0646. The van der Waals surface area contributed by atoms with Gasteiger partial charge in [-0.1, -0.05) is 30.3 Å². The van der Waals surface area contributed by atoms with Crippen molar-refractivity contribution >= 4 is 5.91 Å². The molecule has 2 heterocycles. The van der Waals surface area contributed by atoms with Crippen LogP contribution in [0.2, 0.25) is 0 Å². The van der Waals surface area contributed by atoms with Gasteiger partial charge in [0.05, 0.1) is 6.54 Å². The molecule has 0 spiro atoms. The van der Waals surface area contributed by atoms with Crippen molar-refractivity contribution in [3.05, 3.63) is 48.0 Å². The molecule has 0 unspecified atom stereocenters. The summed E-state index contributed by atoms with van der Waals surface area (Å²) in [6.07, 6.45) is 3.16. The summed E-state index contributed by atoms with van der Waals surface area (Å²) in [7, 11) is 4.19. The zero-order valence-electron chi connectivity index (χ0n) is 15.6. The van der Waals surface area contributed by atoms with Gasteiger partial charge in [0.15, 0.2) is 5.82 Å². The molecule has 1 aromatic carbocycles. The van der Waals surface area contributed by atoms with Gasteiger partial charge < -0.3 is 19.7 Å². The lowest BCUT2D eigenvalue weighted by Gasteiger charge is -2.37. The Balaban J connectivity index is 1.47. The van der Waals surface area contributed by atoms with Crippen molar-refractivity contribution in [1.29, 1.82) is 0 Å². The highest BCUT2D eigenvalue weighted by Crippen LogP contribution is 2.09. The number of hydrogen-bond donors (Lipinski definition) is 1. The number of nitrogens with zero attached hydrogens (tertiary/aromatic N) is 5. The van der Waals surface area contributed by atoms with Crippen molar-refractivity contribution in [3.8, 4) is 0 Å². The Bertz CT molecular complexity index is 701. The third-order valence-corrected chi connectivity index (χ3v) is 5.02. The van der Waals surface area contributed by atoms with Crippen LogP contribution in [0.5, 0.6) is 0 Å². The lowest BCUT2D eigenvalue weighted by molar-refractivity contribution is -0.122. The van der Waals surface area contributed by atoms with Crippen LogP contribution >= 0.6 is 0 Å². The van der Waals surface area contributed by atoms with Gasteiger partial charge in [-0.2, -0.15) is 0 Å². The molecule has 1 amide bonds. The molecule has 7 heteroatoms. The minimum Gasteiger partial charge on any atom is -0.349 e. The average molecular weight is 356 g/mol. The largest absolute Gasteiger partial charge is 0.349 e. The van der Waals surface area contributed by atoms with E-state index in [4.69, 9.17) is 0 Å². The summed E-state index contributed by atoms with van der Waals surface area (Å²) in [4.78, 5) is 16.9. The SMILES string of the molecule is CN1CCN(C)[C@H](CC(=O)NCc2nncn2CCc2ccccc2)C1. The Kier molecular flexibility index (Phi) is 6.35. The highest BCUT2D eigenvalue weighted by molar-refractivity contribution is 5.76. The van der Waals surface area contributed by atoms with Crippen molar-refractivity contribution in [2.75, 3.05) is 33.7 Å². The molecule has 1 aliphatic heterocycles. The van der Waals surface area contributed by atoms with Crippen LogP contribution in [0.25, 0.3) is 0 Å². The standard InChI is InChI=1S/C19H28N6O/c1-23-10-11-24(2)17(14-23)12-19(26)20-13-18-22-21-15-25(18)9-8-16-6-4-3-5-7-16/h3-7,15,17H,8-14H2,1-2H3,(H,20,26)/t17-/m1/s1. The zero-order chi connectivity index (χ0) is 18.4. The number of nitrogens with one attached hydrogen (secondary N) is 1. The fraction of sp³-hybridized carbons (Fsp3) is 0.526. The van der Waals surface area contributed by atoms with Gasteiger partial charge in [-0.3, -0.25) is 4.79 Å². The number of piperazine rings is 1. The number of aromatic nitrogens is 3. The number of carbonyl (C=O) groups is 1. The predicted molar refractivity (Wildman–Crippen MR) is 101 cm³/mol. The molecular weight excluding hydrogens is 328 g/mol. The Hall–Kier alpha value is -2.25. The molecule has 26 heavy (non-hydrogen) atoms. The predicted octanol–water partition coefficient (Wildman–Crippen LogP) is 0.773. The molecule has 7 nitrogen and oxygen atoms in total. The zero-order valence-corrected chi connectivity index (χ0v) is 15.6. The first-order chi connectivity index (χ1) is 12.6. The number of rotatable bonds is 7. The second-order valence-electron chi connectivity index (χ2n) is 7.05. The van der Waals surface area contributed by atoms with Crippen LogP contribution in [-0.2, 0) is 24.3 Å². The third kappa shape index (κ3) is 5.12. The Morgan fingerprint density at radius 3 is 2.85 bits per heavy atom. The summed E-state index contributed by atoms with van der Waals surface area (Å²) in [5.74, 6) is 0.859. The second kappa shape index (κ2) is 8.91. The molecule has 140 valence electrons. The first-order valence-corrected chi connectivity index (χ1v) is 9.18. The van der Waals surface area contributed by atoms with E-state index in [9.17, 15) is 4.79 Å². The van der Waals surface area contributed by atoms with Crippen molar-refractivity contribution < 1.29 is 4.79 Å². The summed E-state index contributed by atoms with van der Waals surface area (Å²) in [6, 6.07) is 10.6. The molecule has 0 radical (unpaired) electrons. The minimum atomic E-state index is 0.0646. The van der Waals surface area contributed by atoms with E-state index in [0.29, 0.717) is 13.0 Å². The van der Waals surface area contributed by atoms with Crippen LogP contribution in [0.4, 0.5) is 0 Å². The van der Waals surface area contributed by atoms with Crippen LogP contribution < -0.4 is 5.32 Å². The van der Waals surface area contributed by atoms with Crippen molar-refractivity contribution in [3.63, 3.8) is 0 Å². The van der Waals surface area contributed by atoms with Gasteiger partial charge in [0, 0.05) is 38.6 Å². The molecule has 0 saturated carbocycles. The van der Waals surface area contributed by atoms with Gasteiger partial charge in [0.25, 0.3) is 0 Å². The molecule has 1 atom stereocenters. The second-order valence-corrected chi connectivity index (χ2v) is 7.05. The van der Waals surface area contributed by atoms with E-state index in [1.165, 1.54) is 5.56 Å². The van der Waals surface area contributed by atoms with Crippen LogP contribution in [0, 0.1) is 0 Å². The molecule has 1 aromatic heterocycles. The number of hydrogen-bond acceptors (Lipinski definition) is 5. The summed E-state index contributed by atoms with van der Waals surface area (Å²) >= 11 is 0. The monoisotopic (exact) mass is 356 g/mol. The quantitative estimate of drug-likeness (QED) is 0.794. The molecule has 3 rings (SSSR count). The fourth-order valence-corrected chi connectivity index (χ4v) is 3.28. The summed E-state index contributed by atoms with van der Waals surface area (Å²) in [6.45, 7) is 4.21. The van der Waals surface area contributed by atoms with E-state index >= 15 is 0 Å². The van der Waals surface area contributed by atoms with Crippen LogP contribution in [0.15, 0.2) is 36.7 Å². The van der Waals surface area contributed by atoms with Crippen LogP contribution in [0.1, 0.15) is 17.8 Å². The number of aryl methyl sites for hydroxylation is 2. The topological polar surface area (TPSA) is 66.3 Å². The lowest BCUT2D eigenvalue weighted by Crippen LogP contribution is -2.51. The Morgan fingerprint density at radius 1 is 1.23 bits per heavy atom. The summed E-state index contributed by atoms with van der Waals surface area (Å²) < 4.78 is 2.01. The van der Waals surface area contributed by atoms with E-state index in [1.807, 2.05) is 22.8 Å².